The second kappa shape index (κ2) is 16.5. The fourth-order valence-corrected chi connectivity index (χ4v) is 6.61. The Bertz CT molecular complexity index is 1610. The fourth-order valence-electron chi connectivity index (χ4n) is 5.43. The number of aliphatic hydroxyl groups is 1. The maximum Gasteiger partial charge on any atom is 0.261 e. The van der Waals surface area contributed by atoms with Crippen LogP contribution in [-0.4, -0.2) is 86.7 Å². The molecule has 3 aromatic rings. The summed E-state index contributed by atoms with van der Waals surface area (Å²) in [4.78, 5) is 30.7. The maximum absolute atomic E-state index is 14.3. The van der Waals surface area contributed by atoms with Gasteiger partial charge in [-0.3, -0.25) is 14.3 Å². The molecule has 47 heavy (non-hydrogen) atoms. The second-order valence-electron chi connectivity index (χ2n) is 12.1. The lowest BCUT2D eigenvalue weighted by molar-refractivity contribution is -0.0149. The van der Waals surface area contributed by atoms with Gasteiger partial charge in [-0.05, 0) is 87.7 Å². The van der Waals surface area contributed by atoms with Crippen LogP contribution in [0.25, 0.3) is 0 Å². The van der Waals surface area contributed by atoms with E-state index in [1.165, 1.54) is 30.3 Å². The smallest absolute Gasteiger partial charge is 0.261 e. The average molecular weight is 686 g/mol. The number of sulfonamides is 1. The van der Waals surface area contributed by atoms with Crippen molar-refractivity contribution in [3.8, 4) is 5.75 Å². The third kappa shape index (κ3) is 9.70. The summed E-state index contributed by atoms with van der Waals surface area (Å²) in [5.41, 5.74) is 0.908. The zero-order valence-electron chi connectivity index (χ0n) is 27.3. The Morgan fingerprint density at radius 3 is 2.47 bits per heavy atom. The van der Waals surface area contributed by atoms with Gasteiger partial charge in [0.25, 0.3) is 21.8 Å². The minimum atomic E-state index is -3.99. The Kier molecular flexibility index (Phi) is 12.7. The molecule has 0 saturated heterocycles. The van der Waals surface area contributed by atoms with Gasteiger partial charge in [0.2, 0.25) is 0 Å². The average Bonchev–Trinajstić information content (AvgIpc) is 3.06. The number of anilines is 1. The number of rotatable bonds is 8. The Morgan fingerprint density at radius 2 is 1.79 bits per heavy atom. The van der Waals surface area contributed by atoms with Crippen LogP contribution in [0.3, 0.4) is 0 Å². The highest BCUT2D eigenvalue weighted by Crippen LogP contribution is 2.30. The third-order valence-electron chi connectivity index (χ3n) is 8.25. The van der Waals surface area contributed by atoms with E-state index >= 15 is 0 Å². The molecule has 2 amide bonds. The monoisotopic (exact) mass is 685 g/mol. The predicted octanol–water partition coefficient (Wildman–Crippen LogP) is 5.71. The standard InChI is InChI=1S/C35H44ClN3O7S/c1-24-21-39(25(2)23-40)35(42)31-20-29(37-47(43,44)30-16-13-28(36)14-17-30)15-18-32(31)46-26(3)10-8-9-19-45-33(24)22-38(4)34(41)27-11-6-5-7-12-27/h5-7,11-18,20,24-26,33,37,40H,8-10,19,21-23H2,1-4H3/t24-,25+,26-,33+/m1/s1. The molecular formula is C35H44ClN3O7S. The molecule has 4 rings (SSSR count). The molecule has 0 saturated carbocycles. The van der Waals surface area contributed by atoms with Crippen molar-refractivity contribution in [2.24, 2.45) is 5.92 Å². The predicted molar refractivity (Wildman–Crippen MR) is 183 cm³/mol. The van der Waals surface area contributed by atoms with Crippen LogP contribution in [0.15, 0.2) is 77.7 Å². The summed E-state index contributed by atoms with van der Waals surface area (Å²) < 4.78 is 41.5. The SMILES string of the molecule is C[C@@H]1CCCCO[C@@H](CN(C)C(=O)c2ccccc2)[C@H](C)CN([C@@H](C)CO)C(=O)c2cc(NS(=O)(=O)c3ccc(Cl)cc3)ccc2O1. The van der Waals surface area contributed by atoms with Crippen LogP contribution in [0.1, 0.15) is 60.7 Å². The molecule has 1 aliphatic heterocycles. The van der Waals surface area contributed by atoms with Crippen molar-refractivity contribution in [2.45, 2.75) is 63.2 Å². The van der Waals surface area contributed by atoms with Crippen LogP contribution in [0.4, 0.5) is 5.69 Å². The summed E-state index contributed by atoms with van der Waals surface area (Å²) in [7, 11) is -2.25. The number of aliphatic hydroxyl groups excluding tert-OH is 1. The van der Waals surface area contributed by atoms with Crippen molar-refractivity contribution in [1.82, 2.24) is 9.80 Å². The van der Waals surface area contributed by atoms with Crippen molar-refractivity contribution >= 4 is 39.1 Å². The molecule has 254 valence electrons. The van der Waals surface area contributed by atoms with Crippen molar-refractivity contribution in [3.05, 3.63) is 88.9 Å². The van der Waals surface area contributed by atoms with Gasteiger partial charge in [0.05, 0.1) is 35.3 Å². The molecule has 0 radical (unpaired) electrons. The first-order valence-corrected chi connectivity index (χ1v) is 17.7. The molecule has 1 heterocycles. The van der Waals surface area contributed by atoms with Gasteiger partial charge in [0.15, 0.2) is 0 Å². The summed E-state index contributed by atoms with van der Waals surface area (Å²) in [6.07, 6.45) is 1.65. The number of ether oxygens (including phenoxy) is 2. The molecule has 0 fully saturated rings. The van der Waals surface area contributed by atoms with E-state index in [2.05, 4.69) is 4.72 Å². The molecule has 4 atom stereocenters. The number of carbonyl (C=O) groups is 2. The molecule has 12 heteroatoms. The van der Waals surface area contributed by atoms with Crippen molar-refractivity contribution < 1.29 is 32.6 Å². The summed E-state index contributed by atoms with van der Waals surface area (Å²) in [5, 5.41) is 10.6. The van der Waals surface area contributed by atoms with Gasteiger partial charge in [0, 0.05) is 48.9 Å². The number of nitrogens with zero attached hydrogens (tertiary/aromatic N) is 2. The molecular weight excluding hydrogens is 642 g/mol. The van der Waals surface area contributed by atoms with Crippen LogP contribution in [0.2, 0.25) is 5.02 Å². The first-order chi connectivity index (χ1) is 22.4. The number of carbonyl (C=O) groups excluding carboxylic acids is 2. The summed E-state index contributed by atoms with van der Waals surface area (Å²) in [6, 6.07) is 18.8. The van der Waals surface area contributed by atoms with E-state index in [4.69, 9.17) is 21.1 Å². The zero-order chi connectivity index (χ0) is 34.1. The molecule has 1 aliphatic rings. The van der Waals surface area contributed by atoms with Gasteiger partial charge in [-0.2, -0.15) is 0 Å². The Hall–Kier alpha value is -3.64. The van der Waals surface area contributed by atoms with Crippen LogP contribution < -0.4 is 9.46 Å². The van der Waals surface area contributed by atoms with Crippen LogP contribution >= 0.6 is 11.6 Å². The third-order valence-corrected chi connectivity index (χ3v) is 9.90. The number of benzene rings is 3. The lowest BCUT2D eigenvalue weighted by atomic mass is 10.0. The lowest BCUT2D eigenvalue weighted by Crippen LogP contribution is -2.48. The van der Waals surface area contributed by atoms with E-state index in [0.717, 1.165) is 12.8 Å². The second-order valence-corrected chi connectivity index (χ2v) is 14.2. The number of hydrogen-bond acceptors (Lipinski definition) is 7. The molecule has 10 nitrogen and oxygen atoms in total. The Morgan fingerprint density at radius 1 is 1.09 bits per heavy atom. The van der Waals surface area contributed by atoms with E-state index in [-0.39, 0.29) is 47.2 Å². The van der Waals surface area contributed by atoms with Gasteiger partial charge in [-0.15, -0.1) is 0 Å². The highest BCUT2D eigenvalue weighted by atomic mass is 35.5. The van der Waals surface area contributed by atoms with E-state index in [1.54, 1.807) is 48.0 Å². The van der Waals surface area contributed by atoms with Gasteiger partial charge in [-0.25, -0.2) is 8.42 Å². The molecule has 0 bridgehead atoms. The topological polar surface area (TPSA) is 125 Å². The van der Waals surface area contributed by atoms with Crippen molar-refractivity contribution in [3.63, 3.8) is 0 Å². The Balaban J connectivity index is 1.66. The van der Waals surface area contributed by atoms with Crippen LogP contribution in [0.5, 0.6) is 5.75 Å². The normalized spacial score (nSPS) is 20.3. The number of hydrogen-bond donors (Lipinski definition) is 2. The number of amides is 2. The molecule has 0 spiro atoms. The Labute approximate surface area is 282 Å². The molecule has 3 aromatic carbocycles. The van der Waals surface area contributed by atoms with Gasteiger partial charge < -0.3 is 24.4 Å². The highest BCUT2D eigenvalue weighted by Gasteiger charge is 2.31. The van der Waals surface area contributed by atoms with Gasteiger partial charge in [-0.1, -0.05) is 36.7 Å². The van der Waals surface area contributed by atoms with E-state index in [0.29, 0.717) is 35.9 Å². The summed E-state index contributed by atoms with van der Waals surface area (Å²) in [6.45, 7) is 6.30. The zero-order valence-corrected chi connectivity index (χ0v) is 28.8. The largest absolute Gasteiger partial charge is 0.490 e. The molecule has 0 aromatic heterocycles. The van der Waals surface area contributed by atoms with Crippen LogP contribution in [0, 0.1) is 5.92 Å². The van der Waals surface area contributed by atoms with Crippen molar-refractivity contribution in [2.75, 3.05) is 38.1 Å². The summed E-state index contributed by atoms with van der Waals surface area (Å²) >= 11 is 5.94. The quantitative estimate of drug-likeness (QED) is 0.311. The lowest BCUT2D eigenvalue weighted by Gasteiger charge is -2.36. The van der Waals surface area contributed by atoms with Gasteiger partial charge in [0.1, 0.15) is 5.75 Å². The van der Waals surface area contributed by atoms with E-state index in [9.17, 15) is 23.1 Å². The first kappa shape index (κ1) is 36.2. The highest BCUT2D eigenvalue weighted by molar-refractivity contribution is 7.92. The van der Waals surface area contributed by atoms with Crippen molar-refractivity contribution in [1.29, 1.82) is 0 Å². The molecule has 2 N–H and O–H groups in total. The van der Waals surface area contributed by atoms with E-state index < -0.39 is 28.1 Å². The fraction of sp³-hybridized carbons (Fsp3) is 0.429. The number of halogens is 1. The van der Waals surface area contributed by atoms with Crippen LogP contribution in [-0.2, 0) is 14.8 Å². The number of nitrogens with one attached hydrogen (secondary N) is 1. The number of likely N-dealkylation sites (N-methyl/N-ethyl adjacent to an activating group) is 1. The van der Waals surface area contributed by atoms with E-state index in [1.807, 2.05) is 32.0 Å². The minimum absolute atomic E-state index is 0.0179. The maximum atomic E-state index is 14.3. The molecule has 0 aliphatic carbocycles. The van der Waals surface area contributed by atoms with Gasteiger partial charge >= 0.3 is 0 Å². The summed E-state index contributed by atoms with van der Waals surface area (Å²) in [5.74, 6) is -0.488. The minimum Gasteiger partial charge on any atom is -0.490 e. The molecule has 0 unspecified atom stereocenters. The first-order valence-electron chi connectivity index (χ1n) is 15.8. The number of fused-ring (bicyclic) bond motifs is 1.